The number of piperidine rings is 1. The van der Waals surface area contributed by atoms with Gasteiger partial charge in [-0.25, -0.2) is 0 Å². The van der Waals surface area contributed by atoms with Gasteiger partial charge in [0.1, 0.15) is 17.2 Å². The summed E-state index contributed by atoms with van der Waals surface area (Å²) in [6.45, 7) is 6.89. The van der Waals surface area contributed by atoms with Crippen LogP contribution in [0.2, 0.25) is 0 Å². The molecule has 0 radical (unpaired) electrons. The summed E-state index contributed by atoms with van der Waals surface area (Å²) in [4.78, 5) is 2.36. The van der Waals surface area contributed by atoms with Gasteiger partial charge in [-0.2, -0.15) is 9.61 Å². The zero-order chi connectivity index (χ0) is 22.2. The van der Waals surface area contributed by atoms with E-state index in [1.165, 1.54) is 6.07 Å². The Bertz CT molecular complexity index is 1080. The number of hydrogen-bond donors (Lipinski definition) is 2. The number of likely N-dealkylation sites (tertiary alicyclic amines) is 1. The number of halogens is 3. The molecule has 2 aromatic heterocycles. The van der Waals surface area contributed by atoms with Crippen molar-refractivity contribution in [2.45, 2.75) is 39.1 Å². The Labute approximate surface area is 176 Å². The predicted octanol–water partition coefficient (Wildman–Crippen LogP) is 3.60. The highest BCUT2D eigenvalue weighted by Gasteiger charge is 2.31. The van der Waals surface area contributed by atoms with Crippen molar-refractivity contribution in [3.63, 3.8) is 0 Å². The van der Waals surface area contributed by atoms with E-state index in [0.29, 0.717) is 17.2 Å². The van der Waals surface area contributed by atoms with Gasteiger partial charge in [0.15, 0.2) is 0 Å². The molecule has 1 aromatic carbocycles. The molecule has 3 heterocycles. The number of fused-ring (bicyclic) bond motifs is 1. The van der Waals surface area contributed by atoms with Crippen molar-refractivity contribution in [1.82, 2.24) is 24.7 Å². The van der Waals surface area contributed by atoms with Gasteiger partial charge in [0.2, 0.25) is 5.95 Å². The van der Waals surface area contributed by atoms with Crippen molar-refractivity contribution in [1.29, 1.82) is 0 Å². The number of hydrogen-bond acceptors (Lipinski definition) is 7. The normalized spacial score (nSPS) is 17.8. The standard InChI is InChI=1S/C20H23F3N6O2/c1-3-28-8-4-5-13(11-28)24-19-26-25-18(16-9-12(2)27-29(16)19)15-7-6-14(10-17(15)30)31-20(21,22)23/h6-7,9-10,13,30H,3-5,8,11H2,1-2H3,(H,24,26)/t13-/m1/s1. The Morgan fingerprint density at radius 2 is 2.06 bits per heavy atom. The average molecular weight is 436 g/mol. The topological polar surface area (TPSA) is 87.8 Å². The van der Waals surface area contributed by atoms with Crippen LogP contribution in [0, 0.1) is 6.92 Å². The highest BCUT2D eigenvalue weighted by atomic mass is 19.4. The van der Waals surface area contributed by atoms with E-state index in [0.717, 1.165) is 50.3 Å². The Morgan fingerprint density at radius 1 is 1.26 bits per heavy atom. The molecule has 3 aromatic rings. The first-order chi connectivity index (χ1) is 14.7. The molecule has 1 aliphatic heterocycles. The second-order valence-electron chi connectivity index (χ2n) is 7.56. The minimum absolute atomic E-state index is 0.203. The van der Waals surface area contributed by atoms with Crippen LogP contribution in [0.15, 0.2) is 24.3 Å². The Morgan fingerprint density at radius 3 is 2.77 bits per heavy atom. The molecule has 0 bridgehead atoms. The first-order valence-corrected chi connectivity index (χ1v) is 10.0. The number of rotatable bonds is 5. The summed E-state index contributed by atoms with van der Waals surface area (Å²) in [6, 6.07) is 5.33. The van der Waals surface area contributed by atoms with E-state index in [1.807, 2.05) is 6.92 Å². The zero-order valence-electron chi connectivity index (χ0n) is 17.1. The molecule has 0 unspecified atom stereocenters. The van der Waals surface area contributed by atoms with Crippen LogP contribution in [0.5, 0.6) is 11.5 Å². The molecule has 166 valence electrons. The van der Waals surface area contributed by atoms with E-state index in [1.54, 1.807) is 10.6 Å². The number of nitrogens with one attached hydrogen (secondary N) is 1. The summed E-state index contributed by atoms with van der Waals surface area (Å²) in [5.41, 5.74) is 1.83. The van der Waals surface area contributed by atoms with Crippen LogP contribution in [-0.2, 0) is 0 Å². The first-order valence-electron chi connectivity index (χ1n) is 10.0. The molecule has 0 saturated carbocycles. The highest BCUT2D eigenvalue weighted by Crippen LogP contribution is 2.35. The van der Waals surface area contributed by atoms with Gasteiger partial charge in [0, 0.05) is 24.2 Å². The van der Waals surface area contributed by atoms with Gasteiger partial charge in [-0.3, -0.25) is 0 Å². The van der Waals surface area contributed by atoms with Crippen LogP contribution in [0.1, 0.15) is 25.5 Å². The number of phenols is 1. The molecular formula is C20H23F3N6O2. The molecule has 0 spiro atoms. The van der Waals surface area contributed by atoms with Crippen LogP contribution in [0.3, 0.4) is 0 Å². The van der Waals surface area contributed by atoms with Crippen molar-refractivity contribution in [2.24, 2.45) is 0 Å². The van der Waals surface area contributed by atoms with Crippen molar-refractivity contribution in [3.8, 4) is 22.8 Å². The Kier molecular flexibility index (Phi) is 5.61. The molecule has 1 saturated heterocycles. The summed E-state index contributed by atoms with van der Waals surface area (Å²) >= 11 is 0. The Hall–Kier alpha value is -3.08. The van der Waals surface area contributed by atoms with E-state index in [2.05, 4.69) is 37.2 Å². The lowest BCUT2D eigenvalue weighted by Crippen LogP contribution is -2.42. The van der Waals surface area contributed by atoms with Crippen molar-refractivity contribution in [2.75, 3.05) is 25.0 Å². The monoisotopic (exact) mass is 436 g/mol. The molecule has 4 rings (SSSR count). The van der Waals surface area contributed by atoms with Crippen LogP contribution < -0.4 is 10.1 Å². The van der Waals surface area contributed by atoms with Gasteiger partial charge in [0.25, 0.3) is 0 Å². The second kappa shape index (κ2) is 8.22. The molecule has 11 heteroatoms. The lowest BCUT2D eigenvalue weighted by Gasteiger charge is -2.32. The van der Waals surface area contributed by atoms with Gasteiger partial charge in [-0.05, 0) is 51.1 Å². The van der Waals surface area contributed by atoms with Crippen LogP contribution in [0.25, 0.3) is 16.8 Å². The summed E-state index contributed by atoms with van der Waals surface area (Å²) < 4.78 is 42.8. The van der Waals surface area contributed by atoms with Crippen LogP contribution in [-0.4, -0.2) is 61.9 Å². The highest BCUT2D eigenvalue weighted by molar-refractivity contribution is 5.81. The number of aromatic nitrogens is 4. The number of ether oxygens (including phenoxy) is 1. The number of benzene rings is 1. The van der Waals surface area contributed by atoms with Crippen LogP contribution in [0.4, 0.5) is 19.1 Å². The maximum Gasteiger partial charge on any atom is 0.573 e. The number of aryl methyl sites for hydroxylation is 1. The third kappa shape index (κ3) is 4.66. The number of aromatic hydroxyl groups is 1. The summed E-state index contributed by atoms with van der Waals surface area (Å²) in [5, 5.41) is 26.7. The number of likely N-dealkylation sites (N-methyl/N-ethyl adjacent to an activating group) is 1. The minimum atomic E-state index is -4.84. The lowest BCUT2D eigenvalue weighted by atomic mass is 10.1. The lowest BCUT2D eigenvalue weighted by molar-refractivity contribution is -0.274. The van der Waals surface area contributed by atoms with Gasteiger partial charge in [-0.1, -0.05) is 6.92 Å². The van der Waals surface area contributed by atoms with Crippen molar-refractivity contribution in [3.05, 3.63) is 30.0 Å². The van der Waals surface area contributed by atoms with E-state index < -0.39 is 17.9 Å². The van der Waals surface area contributed by atoms with E-state index in [-0.39, 0.29) is 11.6 Å². The van der Waals surface area contributed by atoms with Gasteiger partial charge >= 0.3 is 6.36 Å². The van der Waals surface area contributed by atoms with E-state index in [9.17, 15) is 18.3 Å². The fraction of sp³-hybridized carbons (Fsp3) is 0.450. The summed E-state index contributed by atoms with van der Waals surface area (Å²) in [5.74, 6) is -0.437. The number of phenolic OH excluding ortho intramolecular Hbond substituents is 1. The molecule has 0 amide bonds. The number of anilines is 1. The second-order valence-corrected chi connectivity index (χ2v) is 7.56. The van der Waals surface area contributed by atoms with E-state index in [4.69, 9.17) is 0 Å². The SMILES string of the molecule is CCN1CCC[C@@H](Nc2nnc(-c3ccc(OC(F)(F)F)cc3O)c3cc(C)nn23)C1. The molecule has 2 N–H and O–H groups in total. The van der Waals surface area contributed by atoms with Gasteiger partial charge in [0.05, 0.1) is 11.2 Å². The van der Waals surface area contributed by atoms with E-state index >= 15 is 0 Å². The van der Waals surface area contributed by atoms with Crippen molar-refractivity contribution >= 4 is 11.5 Å². The third-order valence-electron chi connectivity index (χ3n) is 5.26. The number of nitrogens with zero attached hydrogens (tertiary/aromatic N) is 5. The predicted molar refractivity (Wildman–Crippen MR) is 108 cm³/mol. The smallest absolute Gasteiger partial charge is 0.507 e. The quantitative estimate of drug-likeness (QED) is 0.632. The first kappa shape index (κ1) is 21.2. The molecule has 1 fully saturated rings. The third-order valence-corrected chi connectivity index (χ3v) is 5.26. The molecular weight excluding hydrogens is 413 g/mol. The molecule has 8 nitrogen and oxygen atoms in total. The molecule has 1 aliphatic rings. The maximum atomic E-state index is 12.4. The largest absolute Gasteiger partial charge is 0.573 e. The summed E-state index contributed by atoms with van der Waals surface area (Å²) in [6.07, 6.45) is -2.76. The fourth-order valence-electron chi connectivity index (χ4n) is 3.85. The minimum Gasteiger partial charge on any atom is -0.507 e. The number of alkyl halides is 3. The average Bonchev–Trinajstić information content (AvgIpc) is 3.10. The van der Waals surface area contributed by atoms with Crippen molar-refractivity contribution < 1.29 is 23.0 Å². The van der Waals surface area contributed by atoms with Gasteiger partial charge < -0.3 is 20.1 Å². The Balaban J connectivity index is 1.67. The maximum absolute atomic E-state index is 12.4. The van der Waals surface area contributed by atoms with Gasteiger partial charge in [-0.15, -0.1) is 23.4 Å². The fourth-order valence-corrected chi connectivity index (χ4v) is 3.85. The summed E-state index contributed by atoms with van der Waals surface area (Å²) in [7, 11) is 0. The molecule has 1 atom stereocenters. The zero-order valence-corrected chi connectivity index (χ0v) is 17.1. The molecule has 0 aliphatic carbocycles. The molecule has 31 heavy (non-hydrogen) atoms. The van der Waals surface area contributed by atoms with Crippen LogP contribution >= 0.6 is 0 Å².